The van der Waals surface area contributed by atoms with Gasteiger partial charge in [0.1, 0.15) is 6.10 Å². The molecular formula is C17H26FN3O. The van der Waals surface area contributed by atoms with Crippen LogP contribution in [0.4, 0.5) is 4.39 Å². The first-order chi connectivity index (χ1) is 10.6. The molecule has 0 radical (unpaired) electrons. The van der Waals surface area contributed by atoms with Crippen molar-refractivity contribution in [3.8, 4) is 5.75 Å². The van der Waals surface area contributed by atoms with Crippen LogP contribution >= 0.6 is 0 Å². The maximum Gasteiger partial charge on any atom is 0.191 e. The summed E-state index contributed by atoms with van der Waals surface area (Å²) >= 11 is 0. The molecular weight excluding hydrogens is 281 g/mol. The van der Waals surface area contributed by atoms with Crippen LogP contribution in [0.25, 0.3) is 0 Å². The number of hydrogen-bond acceptors (Lipinski definition) is 2. The van der Waals surface area contributed by atoms with E-state index in [1.165, 1.54) is 12.5 Å². The topological polar surface area (TPSA) is 50.8 Å². The zero-order valence-electron chi connectivity index (χ0n) is 13.5. The van der Waals surface area contributed by atoms with Gasteiger partial charge in [0.25, 0.3) is 0 Å². The molecule has 1 heterocycles. The summed E-state index contributed by atoms with van der Waals surface area (Å²) in [5.41, 5.74) is 6.08. The summed E-state index contributed by atoms with van der Waals surface area (Å²) in [6, 6.07) is 6.45. The van der Waals surface area contributed by atoms with Crippen LogP contribution in [0.1, 0.15) is 33.1 Å². The van der Waals surface area contributed by atoms with Crippen molar-refractivity contribution in [1.29, 1.82) is 0 Å². The number of ether oxygens (including phenoxy) is 1. The number of likely N-dealkylation sites (tertiary alicyclic amines) is 1. The Hall–Kier alpha value is -1.78. The minimum atomic E-state index is -0.345. The molecule has 2 unspecified atom stereocenters. The van der Waals surface area contributed by atoms with Crippen molar-refractivity contribution in [2.24, 2.45) is 16.6 Å². The van der Waals surface area contributed by atoms with Crippen LogP contribution in [0, 0.1) is 11.7 Å². The highest BCUT2D eigenvalue weighted by Gasteiger charge is 2.18. The Bertz CT molecular complexity index is 506. The number of piperidine rings is 1. The van der Waals surface area contributed by atoms with E-state index in [9.17, 15) is 4.39 Å². The number of nitrogens with zero attached hydrogens (tertiary/aromatic N) is 2. The smallest absolute Gasteiger partial charge is 0.191 e. The van der Waals surface area contributed by atoms with Crippen LogP contribution in [-0.4, -0.2) is 36.6 Å². The Morgan fingerprint density at radius 3 is 2.95 bits per heavy atom. The van der Waals surface area contributed by atoms with E-state index in [0.717, 1.165) is 25.9 Å². The number of hydrogen-bond donors (Lipinski definition) is 1. The lowest BCUT2D eigenvalue weighted by Crippen LogP contribution is -2.44. The fourth-order valence-electron chi connectivity index (χ4n) is 2.66. The molecule has 22 heavy (non-hydrogen) atoms. The van der Waals surface area contributed by atoms with Crippen LogP contribution in [-0.2, 0) is 0 Å². The lowest BCUT2D eigenvalue weighted by Gasteiger charge is -2.31. The third-order valence-electron chi connectivity index (χ3n) is 4.02. The zero-order valence-corrected chi connectivity index (χ0v) is 13.5. The van der Waals surface area contributed by atoms with Gasteiger partial charge in [0.2, 0.25) is 0 Å². The van der Waals surface area contributed by atoms with Gasteiger partial charge in [-0.1, -0.05) is 26.0 Å². The van der Waals surface area contributed by atoms with E-state index in [4.69, 9.17) is 10.5 Å². The highest BCUT2D eigenvalue weighted by Crippen LogP contribution is 2.18. The van der Waals surface area contributed by atoms with E-state index >= 15 is 0 Å². The van der Waals surface area contributed by atoms with Crippen molar-refractivity contribution in [2.75, 3.05) is 19.6 Å². The summed E-state index contributed by atoms with van der Waals surface area (Å²) in [7, 11) is 0. The maximum absolute atomic E-state index is 13.6. The summed E-state index contributed by atoms with van der Waals surface area (Å²) in [6.45, 7) is 6.60. The molecule has 0 aliphatic carbocycles. The molecule has 2 rings (SSSR count). The first kappa shape index (κ1) is 16.6. The van der Waals surface area contributed by atoms with Crippen molar-refractivity contribution in [3.05, 3.63) is 30.1 Å². The summed E-state index contributed by atoms with van der Waals surface area (Å²) in [5.74, 6) is 1.15. The lowest BCUT2D eigenvalue weighted by atomic mass is 10.0. The van der Waals surface area contributed by atoms with Gasteiger partial charge in [0.05, 0.1) is 6.54 Å². The normalized spacial score (nSPS) is 20.8. The number of nitrogens with two attached hydrogens (primary N) is 1. The fourth-order valence-corrected chi connectivity index (χ4v) is 2.66. The molecule has 1 aliphatic rings. The molecule has 0 bridgehead atoms. The van der Waals surface area contributed by atoms with E-state index in [1.807, 2.05) is 6.92 Å². The van der Waals surface area contributed by atoms with Gasteiger partial charge >= 0.3 is 0 Å². The third-order valence-corrected chi connectivity index (χ3v) is 4.02. The molecule has 1 saturated heterocycles. The van der Waals surface area contributed by atoms with Crippen LogP contribution in [0.15, 0.2) is 29.3 Å². The molecule has 0 saturated carbocycles. The number of guanidine groups is 1. The monoisotopic (exact) mass is 307 g/mol. The predicted molar refractivity (Wildman–Crippen MR) is 87.6 cm³/mol. The molecule has 1 aromatic rings. The first-order valence-corrected chi connectivity index (χ1v) is 8.06. The average Bonchev–Trinajstić information content (AvgIpc) is 2.52. The van der Waals surface area contributed by atoms with Gasteiger partial charge in [-0.2, -0.15) is 0 Å². The van der Waals surface area contributed by atoms with Gasteiger partial charge in [-0.15, -0.1) is 0 Å². The van der Waals surface area contributed by atoms with Crippen molar-refractivity contribution < 1.29 is 9.13 Å². The Labute approximate surface area is 132 Å². The van der Waals surface area contributed by atoms with Crippen LogP contribution in [0.3, 0.4) is 0 Å². The number of benzene rings is 1. The maximum atomic E-state index is 13.6. The quantitative estimate of drug-likeness (QED) is 0.672. The van der Waals surface area contributed by atoms with Crippen molar-refractivity contribution in [3.63, 3.8) is 0 Å². The zero-order chi connectivity index (χ0) is 15.9. The Morgan fingerprint density at radius 1 is 1.50 bits per heavy atom. The number of rotatable bonds is 5. The minimum Gasteiger partial charge on any atom is -0.485 e. The van der Waals surface area contributed by atoms with E-state index in [-0.39, 0.29) is 17.7 Å². The molecule has 5 heteroatoms. The van der Waals surface area contributed by atoms with Crippen molar-refractivity contribution >= 4 is 5.96 Å². The first-order valence-electron chi connectivity index (χ1n) is 8.06. The van der Waals surface area contributed by atoms with E-state index in [1.54, 1.807) is 18.2 Å². The van der Waals surface area contributed by atoms with E-state index < -0.39 is 0 Å². The van der Waals surface area contributed by atoms with Crippen molar-refractivity contribution in [1.82, 2.24) is 4.90 Å². The standard InChI is InChI=1S/C17H26FN3O/c1-3-14(22-16-9-5-4-8-15(16)18)11-20-17(19)21-10-6-7-13(2)12-21/h4-5,8-9,13-14H,3,6-7,10-12H2,1-2H3,(H2,19,20). The van der Waals surface area contributed by atoms with Crippen LogP contribution in [0.2, 0.25) is 0 Å². The van der Waals surface area contributed by atoms with Gasteiger partial charge < -0.3 is 15.4 Å². The highest BCUT2D eigenvalue weighted by atomic mass is 19.1. The summed E-state index contributed by atoms with van der Waals surface area (Å²) in [6.07, 6.45) is 2.98. The molecule has 2 atom stereocenters. The van der Waals surface area contributed by atoms with Crippen LogP contribution < -0.4 is 10.5 Å². The molecule has 1 fully saturated rings. The molecule has 4 nitrogen and oxygen atoms in total. The Morgan fingerprint density at radius 2 is 2.27 bits per heavy atom. The van der Waals surface area contributed by atoms with Crippen molar-refractivity contribution in [2.45, 2.75) is 39.2 Å². The van der Waals surface area contributed by atoms with E-state index in [2.05, 4.69) is 16.8 Å². The second-order valence-electron chi connectivity index (χ2n) is 5.97. The van der Waals surface area contributed by atoms with Gasteiger partial charge in [0, 0.05) is 13.1 Å². The lowest BCUT2D eigenvalue weighted by molar-refractivity contribution is 0.195. The molecule has 122 valence electrons. The van der Waals surface area contributed by atoms with Gasteiger partial charge in [0.15, 0.2) is 17.5 Å². The van der Waals surface area contributed by atoms with Gasteiger partial charge in [-0.3, -0.25) is 0 Å². The number of para-hydroxylation sites is 1. The second-order valence-corrected chi connectivity index (χ2v) is 5.97. The molecule has 0 amide bonds. The van der Waals surface area contributed by atoms with Crippen LogP contribution in [0.5, 0.6) is 5.75 Å². The summed E-state index contributed by atoms with van der Waals surface area (Å²) in [5, 5.41) is 0. The SMILES string of the molecule is CCC(CN=C(N)N1CCCC(C)C1)Oc1ccccc1F. The largest absolute Gasteiger partial charge is 0.485 e. The third kappa shape index (κ3) is 4.61. The molecule has 1 aromatic carbocycles. The molecule has 1 aliphatic heterocycles. The van der Waals surface area contributed by atoms with E-state index in [0.29, 0.717) is 18.4 Å². The molecule has 0 aromatic heterocycles. The fraction of sp³-hybridized carbons (Fsp3) is 0.588. The Kier molecular flexibility index (Phi) is 6.04. The predicted octanol–water partition coefficient (Wildman–Crippen LogP) is 3.03. The summed E-state index contributed by atoms with van der Waals surface area (Å²) < 4.78 is 19.3. The minimum absolute atomic E-state index is 0.169. The highest BCUT2D eigenvalue weighted by molar-refractivity contribution is 5.78. The number of halogens is 1. The Balaban J connectivity index is 1.92. The second kappa shape index (κ2) is 8.01. The molecule has 0 spiro atoms. The number of aliphatic imine (C=N–C) groups is 1. The van der Waals surface area contributed by atoms with Gasteiger partial charge in [-0.05, 0) is 37.3 Å². The average molecular weight is 307 g/mol. The molecule has 2 N–H and O–H groups in total. The summed E-state index contributed by atoms with van der Waals surface area (Å²) in [4.78, 5) is 6.58. The van der Waals surface area contributed by atoms with Gasteiger partial charge in [-0.25, -0.2) is 9.38 Å².